The number of rotatable bonds is 12. The summed E-state index contributed by atoms with van der Waals surface area (Å²) in [5, 5.41) is 2.89. The van der Waals surface area contributed by atoms with E-state index < -0.39 is 51.7 Å². The number of benzene rings is 4. The lowest BCUT2D eigenvalue weighted by Gasteiger charge is -2.29. The number of hydrogen-bond donors (Lipinski definition) is 6. The van der Waals surface area contributed by atoms with E-state index in [1.807, 2.05) is 54.8 Å². The first-order valence-corrected chi connectivity index (χ1v) is 30.9. The van der Waals surface area contributed by atoms with Gasteiger partial charge in [-0.25, -0.2) is 19.4 Å². The van der Waals surface area contributed by atoms with E-state index in [0.717, 1.165) is 124 Å². The number of alkyl halides is 6. The molecule has 0 amide bonds. The summed E-state index contributed by atoms with van der Waals surface area (Å²) in [7, 11) is 0. The molecule has 5 aromatic heterocycles. The van der Waals surface area contributed by atoms with E-state index in [4.69, 9.17) is 0 Å². The Kier molecular flexibility index (Phi) is 20.0. The molecule has 6 N–H and O–H groups in total. The van der Waals surface area contributed by atoms with Gasteiger partial charge in [-0.2, -0.15) is 26.3 Å². The van der Waals surface area contributed by atoms with E-state index >= 15 is 0 Å². The molecule has 12 rings (SSSR count). The summed E-state index contributed by atoms with van der Waals surface area (Å²) >= 11 is 1.55. The number of nitrogens with zero attached hydrogens (tertiary/aromatic N) is 2. The predicted octanol–water partition coefficient (Wildman–Crippen LogP) is 13.5. The zero-order valence-corrected chi connectivity index (χ0v) is 49.7. The van der Waals surface area contributed by atoms with Crippen LogP contribution in [0.25, 0.3) is 0 Å². The van der Waals surface area contributed by atoms with Crippen molar-refractivity contribution >= 4 is 11.3 Å². The number of aromatic nitrogens is 8. The third kappa shape index (κ3) is 16.3. The van der Waals surface area contributed by atoms with Gasteiger partial charge in [-0.15, -0.1) is 11.3 Å². The van der Waals surface area contributed by atoms with Crippen molar-refractivity contribution < 1.29 is 26.3 Å². The quantitative estimate of drug-likeness (QED) is 0.0644. The first-order valence-electron chi connectivity index (χ1n) is 30.0. The molecule has 3 aliphatic carbocycles. The summed E-state index contributed by atoms with van der Waals surface area (Å²) in [5.74, 6) is 1.58. The number of pyridine rings is 1. The van der Waals surface area contributed by atoms with Crippen LogP contribution >= 0.6 is 11.3 Å². The summed E-state index contributed by atoms with van der Waals surface area (Å²) < 4.78 is 78.3. The van der Waals surface area contributed by atoms with Crippen LogP contribution in [0.4, 0.5) is 26.3 Å². The standard InChI is InChI=1S/C24H23F3N2O2.C23H22F3N3O2.C21H23N3O2S/c25-24(26,27)19-8-4-5-15(13-19)14-20-21(28-23(31)29-22(20)30)18-11-9-17(10-12-18)16-6-2-1-3-7-16;24-23(25,26)17-10-11-27-18(12-17)13-19-20(28-22(31)29-21(19)30)16-8-6-15(7-9-16)14-4-2-1-3-5-14;1-13-12-27-18(22-13)11-17-19(23-21(26)24-20(17)25)16-9-7-15(8-10-16)14-5-3-2-4-6-14/h1-8,13,17-18H,9-12,14H2,(H2,28,29,30,31);1-5,10-12,15-16H,6-9,13H2,(H2,28,29,30,31);2-6,12,15-16H,7-11H2,1H3,(H2,23,24,25,26). The Morgan fingerprint density at radius 1 is 0.427 bits per heavy atom. The molecule has 0 atom stereocenters. The van der Waals surface area contributed by atoms with E-state index in [1.165, 1.54) is 22.8 Å². The van der Waals surface area contributed by atoms with Gasteiger partial charge in [0.05, 0.1) is 16.1 Å². The van der Waals surface area contributed by atoms with E-state index in [0.29, 0.717) is 52.3 Å². The third-order valence-electron chi connectivity index (χ3n) is 17.6. The predicted molar refractivity (Wildman–Crippen MR) is 330 cm³/mol. The lowest BCUT2D eigenvalue weighted by atomic mass is 9.76. The molecule has 0 spiro atoms. The Morgan fingerprint density at radius 2 is 0.798 bits per heavy atom. The van der Waals surface area contributed by atoms with Crippen molar-refractivity contribution in [3.05, 3.63) is 285 Å². The Morgan fingerprint density at radius 3 is 1.18 bits per heavy atom. The second kappa shape index (κ2) is 28.2. The molecule has 464 valence electrons. The van der Waals surface area contributed by atoms with E-state index in [-0.39, 0.29) is 47.4 Å². The van der Waals surface area contributed by atoms with Crippen LogP contribution in [0.2, 0.25) is 0 Å². The summed E-state index contributed by atoms with van der Waals surface area (Å²) in [6.07, 6.45) is 3.47. The topological polar surface area (TPSA) is 223 Å². The minimum absolute atomic E-state index is 0.00392. The molecular formula is C68H68F6N8O6S. The average Bonchev–Trinajstić information content (AvgIpc) is 1.56. The summed E-state index contributed by atoms with van der Waals surface area (Å²) in [6.45, 7) is 1.95. The molecule has 9 aromatic rings. The number of H-pyrrole nitrogens is 6. The molecule has 21 heteroatoms. The van der Waals surface area contributed by atoms with Gasteiger partial charge in [-0.1, -0.05) is 109 Å². The average molecular weight is 1240 g/mol. The van der Waals surface area contributed by atoms with Gasteiger partial charge in [0.15, 0.2) is 0 Å². The highest BCUT2D eigenvalue weighted by atomic mass is 32.1. The SMILES string of the molecule is Cc1csc(Cc2c(C3CCC(c4ccccc4)CC3)[nH]c(=O)[nH]c2=O)n1.O=c1[nH]c(C2CCC(c3ccccc3)CC2)c(Cc2cc(C(F)(F)F)ccn2)c(=O)[nH]1.O=c1[nH]c(C2CCC(c3ccccc3)CC2)c(Cc2cccc(C(F)(F)F)c2)c(=O)[nH]1. The van der Waals surface area contributed by atoms with Crippen LogP contribution in [0, 0.1) is 6.92 Å². The van der Waals surface area contributed by atoms with Crippen LogP contribution in [-0.2, 0) is 31.6 Å². The molecule has 14 nitrogen and oxygen atoms in total. The first-order chi connectivity index (χ1) is 42.7. The van der Waals surface area contributed by atoms with Crippen LogP contribution in [0.15, 0.2) is 168 Å². The molecule has 5 heterocycles. The Balaban J connectivity index is 0.000000148. The van der Waals surface area contributed by atoms with Gasteiger partial charge in [-0.05, 0) is 160 Å². The van der Waals surface area contributed by atoms with Crippen molar-refractivity contribution in [3.8, 4) is 0 Å². The van der Waals surface area contributed by atoms with Crippen molar-refractivity contribution in [3.63, 3.8) is 0 Å². The van der Waals surface area contributed by atoms with E-state index in [9.17, 15) is 55.1 Å². The minimum atomic E-state index is -4.49. The molecule has 0 saturated heterocycles. The van der Waals surface area contributed by atoms with E-state index in [1.54, 1.807) is 17.4 Å². The van der Waals surface area contributed by atoms with Gasteiger partial charge in [0, 0.05) is 76.0 Å². The highest BCUT2D eigenvalue weighted by Gasteiger charge is 2.34. The maximum Gasteiger partial charge on any atom is 0.416 e. The Bertz CT molecular complexity index is 4020. The highest BCUT2D eigenvalue weighted by molar-refractivity contribution is 7.09. The third-order valence-corrected chi connectivity index (χ3v) is 18.5. The normalized spacial score (nSPS) is 19.5. The number of aryl methyl sites for hydroxylation is 1. The van der Waals surface area contributed by atoms with E-state index in [2.05, 4.69) is 88.4 Å². The minimum Gasteiger partial charge on any atom is -0.311 e. The maximum absolute atomic E-state index is 13.1. The second-order valence-corrected chi connectivity index (χ2v) is 24.4. The van der Waals surface area contributed by atoms with Crippen LogP contribution < -0.4 is 33.7 Å². The number of aromatic amines is 6. The number of thiazole rings is 1. The summed E-state index contributed by atoms with van der Waals surface area (Å²) in [6, 6.07) is 37.8. The molecule has 0 radical (unpaired) electrons. The first kappa shape index (κ1) is 63.3. The van der Waals surface area contributed by atoms with Crippen LogP contribution in [0.1, 0.15) is 196 Å². The van der Waals surface area contributed by atoms with Crippen molar-refractivity contribution in [2.75, 3.05) is 0 Å². The number of halogens is 6. The zero-order valence-electron chi connectivity index (χ0n) is 48.9. The van der Waals surface area contributed by atoms with Gasteiger partial charge in [0.1, 0.15) is 0 Å². The fourth-order valence-corrected chi connectivity index (χ4v) is 13.9. The van der Waals surface area contributed by atoms with Gasteiger partial charge in [-0.3, -0.25) is 34.3 Å². The van der Waals surface area contributed by atoms with Gasteiger partial charge < -0.3 is 15.0 Å². The highest BCUT2D eigenvalue weighted by Crippen LogP contribution is 2.43. The molecule has 0 unspecified atom stereocenters. The van der Waals surface area contributed by atoms with Crippen LogP contribution in [0.5, 0.6) is 0 Å². The molecule has 89 heavy (non-hydrogen) atoms. The lowest BCUT2D eigenvalue weighted by molar-refractivity contribution is -0.138. The van der Waals surface area contributed by atoms with Crippen molar-refractivity contribution in [2.24, 2.45) is 0 Å². The molecule has 0 aliphatic heterocycles. The molecule has 0 bridgehead atoms. The Labute approximate surface area is 511 Å². The molecule has 3 fully saturated rings. The smallest absolute Gasteiger partial charge is 0.311 e. The molecule has 4 aromatic carbocycles. The summed E-state index contributed by atoms with van der Waals surface area (Å²) in [4.78, 5) is 97.2. The van der Waals surface area contributed by atoms with Crippen molar-refractivity contribution in [1.29, 1.82) is 0 Å². The molecule has 3 aliphatic rings. The molecule has 3 saturated carbocycles. The fourth-order valence-electron chi connectivity index (χ4n) is 13.1. The maximum atomic E-state index is 13.1. The largest absolute Gasteiger partial charge is 0.416 e. The van der Waals surface area contributed by atoms with Crippen LogP contribution in [0.3, 0.4) is 0 Å². The van der Waals surface area contributed by atoms with Crippen molar-refractivity contribution in [1.82, 2.24) is 39.9 Å². The van der Waals surface area contributed by atoms with Crippen LogP contribution in [-0.4, -0.2) is 39.9 Å². The van der Waals surface area contributed by atoms with Crippen molar-refractivity contribution in [2.45, 2.75) is 151 Å². The monoisotopic (exact) mass is 1240 g/mol. The fraction of sp³-hybridized carbons (Fsp3) is 0.353. The zero-order chi connectivity index (χ0) is 62.8. The number of hydrogen-bond acceptors (Lipinski definition) is 9. The summed E-state index contributed by atoms with van der Waals surface area (Å²) in [5.41, 5.74) is 3.97. The van der Waals surface area contributed by atoms with Gasteiger partial charge >= 0.3 is 29.4 Å². The van der Waals surface area contributed by atoms with Gasteiger partial charge in [0.25, 0.3) is 16.7 Å². The Hall–Kier alpha value is -8.72. The molecular weight excluding hydrogens is 1170 g/mol. The van der Waals surface area contributed by atoms with Gasteiger partial charge in [0.2, 0.25) is 0 Å². The second-order valence-electron chi connectivity index (χ2n) is 23.4. The lowest BCUT2D eigenvalue weighted by Crippen LogP contribution is -2.30. The number of nitrogens with one attached hydrogen (secondary N) is 6.